The minimum absolute atomic E-state index is 0.0577. The fourth-order valence-corrected chi connectivity index (χ4v) is 4.78. The van der Waals surface area contributed by atoms with Crippen LogP contribution in [-0.2, 0) is 11.3 Å². The Hall–Kier alpha value is -3.49. The second-order valence-electron chi connectivity index (χ2n) is 9.03. The van der Waals surface area contributed by atoms with Gasteiger partial charge in [-0.3, -0.25) is 14.2 Å². The molecule has 9 nitrogen and oxygen atoms in total. The van der Waals surface area contributed by atoms with Gasteiger partial charge >= 0.3 is 0 Å². The van der Waals surface area contributed by atoms with Gasteiger partial charge < -0.3 is 14.7 Å². The maximum absolute atomic E-state index is 12.8. The lowest BCUT2D eigenvalue weighted by molar-refractivity contribution is -0.131. The number of aromatic nitrogens is 4. The Morgan fingerprint density at radius 1 is 0.794 bits per heavy atom. The Bertz CT molecular complexity index is 1180. The molecule has 0 saturated carbocycles. The molecule has 0 unspecified atom stereocenters. The molecule has 9 heteroatoms. The molecular formula is C25H31N7O2. The number of amides is 1. The van der Waals surface area contributed by atoms with Crippen LogP contribution in [0, 0.1) is 0 Å². The summed E-state index contributed by atoms with van der Waals surface area (Å²) >= 11 is 0. The molecule has 2 aliphatic rings. The van der Waals surface area contributed by atoms with E-state index in [4.69, 9.17) is 0 Å². The van der Waals surface area contributed by atoms with E-state index in [0.717, 1.165) is 37.8 Å². The molecule has 0 spiro atoms. The van der Waals surface area contributed by atoms with E-state index < -0.39 is 0 Å². The van der Waals surface area contributed by atoms with Crippen molar-refractivity contribution in [3.05, 3.63) is 53.1 Å². The third kappa shape index (κ3) is 4.88. The highest BCUT2D eigenvalue weighted by Gasteiger charge is 2.22. The zero-order valence-electron chi connectivity index (χ0n) is 19.5. The SMILES string of the molecule is O=C(CCn1cnc2ccccc2c1=O)N1CCN(c2ccc(N3CCCCCC3)nn2)CC1. The first-order chi connectivity index (χ1) is 16.7. The Labute approximate surface area is 199 Å². The number of carbonyl (C=O) groups excluding carboxylic acids is 1. The normalized spacial score (nSPS) is 17.1. The zero-order chi connectivity index (χ0) is 23.3. The van der Waals surface area contributed by atoms with Crippen molar-refractivity contribution in [2.75, 3.05) is 49.1 Å². The molecule has 178 valence electrons. The average Bonchev–Trinajstić information content (AvgIpc) is 3.18. The Balaban J connectivity index is 1.13. The molecule has 2 saturated heterocycles. The third-order valence-corrected chi connectivity index (χ3v) is 6.82. The number of piperazine rings is 1. The topological polar surface area (TPSA) is 87.5 Å². The summed E-state index contributed by atoms with van der Waals surface area (Å²) in [5.74, 6) is 1.87. The van der Waals surface area contributed by atoms with E-state index in [-0.39, 0.29) is 17.9 Å². The van der Waals surface area contributed by atoms with E-state index >= 15 is 0 Å². The summed E-state index contributed by atoms with van der Waals surface area (Å²) in [6.45, 7) is 5.16. The number of nitrogens with zero attached hydrogens (tertiary/aromatic N) is 7. The molecule has 0 bridgehead atoms. The van der Waals surface area contributed by atoms with Crippen LogP contribution in [0.5, 0.6) is 0 Å². The molecule has 2 aliphatic heterocycles. The number of anilines is 2. The molecule has 34 heavy (non-hydrogen) atoms. The monoisotopic (exact) mass is 461 g/mol. The highest BCUT2D eigenvalue weighted by molar-refractivity contribution is 5.77. The van der Waals surface area contributed by atoms with Crippen molar-refractivity contribution in [3.63, 3.8) is 0 Å². The van der Waals surface area contributed by atoms with Gasteiger partial charge in [-0.2, -0.15) is 0 Å². The Kier molecular flexibility index (Phi) is 6.69. The molecule has 5 rings (SSSR count). The third-order valence-electron chi connectivity index (χ3n) is 6.82. The maximum atomic E-state index is 12.8. The largest absolute Gasteiger partial charge is 0.355 e. The smallest absolute Gasteiger partial charge is 0.261 e. The lowest BCUT2D eigenvalue weighted by Crippen LogP contribution is -2.49. The van der Waals surface area contributed by atoms with Crippen molar-refractivity contribution in [1.29, 1.82) is 0 Å². The van der Waals surface area contributed by atoms with Crippen molar-refractivity contribution in [2.24, 2.45) is 0 Å². The van der Waals surface area contributed by atoms with Crippen molar-refractivity contribution in [1.82, 2.24) is 24.6 Å². The lowest BCUT2D eigenvalue weighted by Gasteiger charge is -2.35. The van der Waals surface area contributed by atoms with Gasteiger partial charge in [0, 0.05) is 52.2 Å². The molecule has 2 fully saturated rings. The van der Waals surface area contributed by atoms with Crippen molar-refractivity contribution in [3.8, 4) is 0 Å². The first kappa shape index (κ1) is 22.3. The van der Waals surface area contributed by atoms with Gasteiger partial charge in [0.05, 0.1) is 17.2 Å². The minimum Gasteiger partial charge on any atom is -0.355 e. The van der Waals surface area contributed by atoms with E-state index in [0.29, 0.717) is 30.5 Å². The second-order valence-corrected chi connectivity index (χ2v) is 9.03. The molecular weight excluding hydrogens is 430 g/mol. The van der Waals surface area contributed by atoms with Crippen molar-refractivity contribution >= 4 is 28.4 Å². The molecule has 4 heterocycles. The van der Waals surface area contributed by atoms with Gasteiger partial charge in [0.1, 0.15) is 0 Å². The number of benzene rings is 1. The maximum Gasteiger partial charge on any atom is 0.261 e. The van der Waals surface area contributed by atoms with Crippen LogP contribution >= 0.6 is 0 Å². The van der Waals surface area contributed by atoms with Crippen LogP contribution in [-0.4, -0.2) is 69.8 Å². The predicted molar refractivity (Wildman–Crippen MR) is 132 cm³/mol. The second kappa shape index (κ2) is 10.2. The summed E-state index contributed by atoms with van der Waals surface area (Å²) in [4.78, 5) is 36.1. The predicted octanol–water partition coefficient (Wildman–Crippen LogP) is 2.31. The molecule has 0 aliphatic carbocycles. The van der Waals surface area contributed by atoms with E-state index in [2.05, 4.69) is 31.0 Å². The van der Waals surface area contributed by atoms with Gasteiger partial charge in [-0.05, 0) is 37.1 Å². The number of aryl methyl sites for hydroxylation is 1. The van der Waals surface area contributed by atoms with Gasteiger partial charge in [-0.15, -0.1) is 10.2 Å². The summed E-state index contributed by atoms with van der Waals surface area (Å²) in [5, 5.41) is 9.53. The molecule has 2 aromatic heterocycles. The number of hydrogen-bond acceptors (Lipinski definition) is 7. The number of rotatable bonds is 5. The Morgan fingerprint density at radius 3 is 2.12 bits per heavy atom. The van der Waals surface area contributed by atoms with Crippen molar-refractivity contribution < 1.29 is 4.79 Å². The first-order valence-corrected chi connectivity index (χ1v) is 12.2. The quantitative estimate of drug-likeness (QED) is 0.576. The van der Waals surface area contributed by atoms with E-state index in [9.17, 15) is 9.59 Å². The summed E-state index contributed by atoms with van der Waals surface area (Å²) in [6, 6.07) is 11.4. The van der Waals surface area contributed by atoms with Crippen molar-refractivity contribution in [2.45, 2.75) is 38.6 Å². The standard InChI is InChI=1S/C25H31N7O2/c33-24(11-14-32-19-26-21-8-4-3-7-20(21)25(32)34)31-17-15-30(16-18-31)23-10-9-22(27-28-23)29-12-5-1-2-6-13-29/h3-4,7-10,19H,1-2,5-6,11-18H2. The average molecular weight is 462 g/mol. The zero-order valence-corrected chi connectivity index (χ0v) is 19.5. The molecule has 1 amide bonds. The van der Waals surface area contributed by atoms with E-state index in [1.165, 1.54) is 36.6 Å². The van der Waals surface area contributed by atoms with Gasteiger partial charge in [0.2, 0.25) is 5.91 Å². The van der Waals surface area contributed by atoms with E-state index in [1.54, 1.807) is 6.07 Å². The number of carbonyl (C=O) groups is 1. The van der Waals surface area contributed by atoms with Gasteiger partial charge in [0.25, 0.3) is 5.56 Å². The number of para-hydroxylation sites is 1. The summed E-state index contributed by atoms with van der Waals surface area (Å²) in [6.07, 6.45) is 6.83. The van der Waals surface area contributed by atoms with Gasteiger partial charge in [0.15, 0.2) is 11.6 Å². The molecule has 0 atom stereocenters. The van der Waals surface area contributed by atoms with Crippen LogP contribution in [0.2, 0.25) is 0 Å². The summed E-state index contributed by atoms with van der Waals surface area (Å²) < 4.78 is 1.53. The highest BCUT2D eigenvalue weighted by atomic mass is 16.2. The molecule has 1 aromatic carbocycles. The van der Waals surface area contributed by atoms with Crippen LogP contribution in [0.25, 0.3) is 10.9 Å². The highest BCUT2D eigenvalue weighted by Crippen LogP contribution is 2.20. The van der Waals surface area contributed by atoms with Gasteiger partial charge in [-0.1, -0.05) is 25.0 Å². The number of hydrogen-bond donors (Lipinski definition) is 0. The molecule has 3 aromatic rings. The van der Waals surface area contributed by atoms with Crippen LogP contribution < -0.4 is 15.4 Å². The Morgan fingerprint density at radius 2 is 1.44 bits per heavy atom. The summed E-state index contributed by atoms with van der Waals surface area (Å²) in [5.41, 5.74) is 0.569. The molecule has 0 radical (unpaired) electrons. The van der Waals surface area contributed by atoms with Crippen LogP contribution in [0.3, 0.4) is 0 Å². The van der Waals surface area contributed by atoms with Crippen LogP contribution in [0.1, 0.15) is 32.1 Å². The van der Waals surface area contributed by atoms with Crippen LogP contribution in [0.15, 0.2) is 47.5 Å². The lowest BCUT2D eigenvalue weighted by atomic mass is 10.2. The van der Waals surface area contributed by atoms with E-state index in [1.807, 2.05) is 29.2 Å². The van der Waals surface area contributed by atoms with Crippen LogP contribution in [0.4, 0.5) is 11.6 Å². The fourth-order valence-electron chi connectivity index (χ4n) is 4.78. The minimum atomic E-state index is -0.106. The van der Waals surface area contributed by atoms with Gasteiger partial charge in [-0.25, -0.2) is 4.98 Å². The fraction of sp³-hybridized carbons (Fsp3) is 0.480. The first-order valence-electron chi connectivity index (χ1n) is 12.2. The molecule has 0 N–H and O–H groups in total. The number of fused-ring (bicyclic) bond motifs is 1. The summed E-state index contributed by atoms with van der Waals surface area (Å²) in [7, 11) is 0.